The Hall–Kier alpha value is -10.6. The lowest BCUT2D eigenvalue weighted by atomic mass is 9.84. The second-order valence-electron chi connectivity index (χ2n) is 34.8. The predicted octanol–water partition coefficient (Wildman–Crippen LogP) is -6.43. The lowest BCUT2D eigenvalue weighted by Crippen LogP contribution is -2.63. The highest BCUT2D eigenvalue weighted by atomic mass is 32.2. The molecule has 0 spiro atoms. The molecule has 3 aromatic heterocycles. The Morgan fingerprint density at radius 3 is 1.99 bits per heavy atom. The number of imidazole rings is 1. The number of β-amino-alcohol motifs (C(OH)–C–C–N with tert-alkyl or cyclic N) is 1. The van der Waals surface area contributed by atoms with Crippen LogP contribution in [0.15, 0.2) is 69.4 Å². The third kappa shape index (κ3) is 31.0. The summed E-state index contributed by atoms with van der Waals surface area (Å²) >= 11 is 1.98. The van der Waals surface area contributed by atoms with Crippen molar-refractivity contribution in [1.29, 1.82) is 0 Å². The van der Waals surface area contributed by atoms with Gasteiger partial charge < -0.3 is 147 Å². The number of nitrogens with zero attached hydrogens (tertiary/aromatic N) is 11. The van der Waals surface area contributed by atoms with E-state index in [2.05, 4.69) is 71.5 Å². The van der Waals surface area contributed by atoms with Gasteiger partial charge in [-0.1, -0.05) is 68.8 Å². The lowest BCUT2D eigenvalue weighted by Gasteiger charge is -2.42. The van der Waals surface area contributed by atoms with E-state index in [1.165, 1.54) is 39.9 Å². The number of anilines is 1. The van der Waals surface area contributed by atoms with Gasteiger partial charge in [0.1, 0.15) is 78.6 Å². The molecule has 10 rings (SSSR count). The summed E-state index contributed by atoms with van der Waals surface area (Å²) < 4.78 is 63.5. The van der Waals surface area contributed by atoms with E-state index in [-0.39, 0.29) is 157 Å². The number of hydrogen-bond donors (Lipinski definition) is 23. The molecule has 1 aromatic carbocycles. The molecular formula is C80H123N26O28P3S2. The van der Waals surface area contributed by atoms with Crippen LogP contribution in [0.1, 0.15) is 132 Å². The van der Waals surface area contributed by atoms with Crippen molar-refractivity contribution >= 4 is 152 Å². The van der Waals surface area contributed by atoms with E-state index in [4.69, 9.17) is 64.2 Å². The van der Waals surface area contributed by atoms with Gasteiger partial charge in [-0.05, 0) is 99.1 Å². The van der Waals surface area contributed by atoms with Crippen LogP contribution in [0.5, 0.6) is 0 Å². The van der Waals surface area contributed by atoms with Gasteiger partial charge in [-0.25, -0.2) is 28.6 Å². The van der Waals surface area contributed by atoms with E-state index >= 15 is 14.4 Å². The number of amides is 11. The first-order valence-electron chi connectivity index (χ1n) is 44.8. The van der Waals surface area contributed by atoms with E-state index in [1.54, 1.807) is 41.8 Å². The number of ether oxygens (including phenoxy) is 1. The molecule has 6 aliphatic rings. The number of phosphoric acid groups is 3. The maximum atomic E-state index is 15.9. The molecule has 8 heterocycles. The van der Waals surface area contributed by atoms with Crippen molar-refractivity contribution < 1.29 is 134 Å². The fourth-order valence-corrected chi connectivity index (χ4v) is 21.6. The van der Waals surface area contributed by atoms with Gasteiger partial charge in [0, 0.05) is 100 Å². The van der Waals surface area contributed by atoms with Gasteiger partial charge in [0.25, 0.3) is 0 Å². The average molecular weight is 2050 g/mol. The normalized spacial score (nSPS) is 22.9. The molecule has 12 unspecified atom stereocenters. The molecule has 31 N–H and O–H groups in total. The van der Waals surface area contributed by atoms with Crippen LogP contribution in [0.25, 0.3) is 11.2 Å². The Labute approximate surface area is 805 Å². The molecule has 4 aromatic rings. The van der Waals surface area contributed by atoms with E-state index in [9.17, 15) is 96.8 Å². The summed E-state index contributed by atoms with van der Waals surface area (Å²) in [5, 5.41) is 63.6. The van der Waals surface area contributed by atoms with Crippen LogP contribution in [0, 0.1) is 11.3 Å². The number of aromatic nitrogens is 4. The van der Waals surface area contributed by atoms with Gasteiger partial charge >= 0.3 is 23.5 Å². The van der Waals surface area contributed by atoms with E-state index < -0.39 is 235 Å². The number of likely N-dealkylation sites (tertiary alicyclic amines) is 3. The second kappa shape index (κ2) is 50.2. The van der Waals surface area contributed by atoms with Crippen molar-refractivity contribution in [2.45, 2.75) is 227 Å². The molecule has 768 valence electrons. The SMILES string of the molecule is CC(C)(COP(=O)(O)OP(=O)(O)OCC1OC(n2cnc3c(N)ncnc32)C(O)C1OP(=O)(O)O)C(O)C(=O)NCCC(=O)NCCSC(=O)[C@H](CCCN=C(N)N)NC(=O)C1C[C@@H]2CCCC[C@@H]2N1C(=O)C1Cc2ccccc2CN1C(=O)[C@H](CO)NC(=O)[C@H](Cc1cccs1)NC(=O)CNC(=O)C1C[C@@H](O)CN1C(=O)C1CCCN1C(=O)C(CCCN=C(N)N)NC(=O)[C@H](N)CCCN=C(N)N. The molecule has 0 bridgehead atoms. The first-order chi connectivity index (χ1) is 65.7. The number of benzene rings is 1. The number of nitrogen functional groups attached to an aromatic ring is 1. The smallest absolute Gasteiger partial charge is 0.394 e. The number of phosphoric ester groups is 3. The minimum absolute atomic E-state index is 0.0134. The predicted molar refractivity (Wildman–Crippen MR) is 497 cm³/mol. The van der Waals surface area contributed by atoms with Crippen molar-refractivity contribution in [2.24, 2.45) is 66.4 Å². The van der Waals surface area contributed by atoms with Crippen LogP contribution in [-0.2, 0) is 113 Å². The van der Waals surface area contributed by atoms with Crippen molar-refractivity contribution in [3.63, 3.8) is 0 Å². The number of carbonyl (C=O) groups is 12. The third-order valence-corrected chi connectivity index (χ3v) is 29.1. The number of thiophene rings is 1. The molecule has 4 saturated heterocycles. The number of guanidine groups is 3. The summed E-state index contributed by atoms with van der Waals surface area (Å²) in [5.41, 5.74) is 44.7. The van der Waals surface area contributed by atoms with Crippen LogP contribution in [0.4, 0.5) is 5.82 Å². The van der Waals surface area contributed by atoms with Gasteiger partial charge in [-0.2, -0.15) is 4.31 Å². The summed E-state index contributed by atoms with van der Waals surface area (Å²) in [6.07, 6.45) is -5.28. The van der Waals surface area contributed by atoms with E-state index in [1.807, 2.05) is 0 Å². The van der Waals surface area contributed by atoms with Crippen LogP contribution >= 0.6 is 46.6 Å². The van der Waals surface area contributed by atoms with Crippen molar-refractivity contribution in [3.8, 4) is 0 Å². The van der Waals surface area contributed by atoms with Crippen molar-refractivity contribution in [2.75, 3.05) is 83.7 Å². The highest BCUT2D eigenvalue weighted by molar-refractivity contribution is 8.13. The Morgan fingerprint density at radius 2 is 1.32 bits per heavy atom. The number of rotatable bonds is 49. The number of thioether (sulfide) groups is 1. The zero-order valence-electron chi connectivity index (χ0n) is 76.2. The molecule has 1 aliphatic carbocycles. The van der Waals surface area contributed by atoms with Gasteiger partial charge in [0.05, 0.1) is 50.9 Å². The summed E-state index contributed by atoms with van der Waals surface area (Å²) in [6.45, 7) is -2.28. The molecular weight excluding hydrogens is 1930 g/mol. The molecule has 59 heteroatoms. The van der Waals surface area contributed by atoms with Crippen LogP contribution in [-0.4, -0.2) is 336 Å². The Balaban J connectivity index is 0.722. The minimum Gasteiger partial charge on any atom is -0.394 e. The van der Waals surface area contributed by atoms with Crippen LogP contribution in [0.3, 0.4) is 0 Å². The average Bonchev–Trinajstić information content (AvgIpc) is 1.62. The number of fused-ring (bicyclic) bond motifs is 3. The van der Waals surface area contributed by atoms with Crippen LogP contribution < -0.4 is 83.1 Å². The fourth-order valence-electron chi connectivity index (χ4n) is 17.3. The molecule has 11 amide bonds. The monoisotopic (exact) mass is 2050 g/mol. The Kier molecular flexibility index (Phi) is 39.9. The number of nitrogens with two attached hydrogens (primary N) is 8. The topological polar surface area (TPSA) is 850 Å². The van der Waals surface area contributed by atoms with E-state index in [0.29, 0.717) is 48.1 Å². The Morgan fingerprint density at radius 1 is 0.669 bits per heavy atom. The molecule has 54 nitrogen and oxygen atoms in total. The molecule has 5 fully saturated rings. The first kappa shape index (κ1) is 110. The third-order valence-electron chi connectivity index (χ3n) is 24.2. The zero-order valence-corrected chi connectivity index (χ0v) is 80.5. The van der Waals surface area contributed by atoms with Gasteiger partial charge in [0.2, 0.25) is 70.1 Å². The number of carbonyl (C=O) groups excluding carboxylic acids is 12. The molecule has 19 atom stereocenters. The van der Waals surface area contributed by atoms with Gasteiger partial charge in [-0.3, -0.25) is 90.7 Å². The number of aliphatic hydroxyl groups excluding tert-OH is 4. The molecule has 0 radical (unpaired) electrons. The number of hydrogen-bond acceptors (Lipinski definition) is 34. The quantitative estimate of drug-likeness (QED) is 0.00846. The molecule has 5 aliphatic heterocycles. The summed E-state index contributed by atoms with van der Waals surface area (Å²) in [6, 6.07) is -1.92. The number of nitrogens with one attached hydrogen (secondary N) is 7. The van der Waals surface area contributed by atoms with Crippen molar-refractivity contribution in [3.05, 3.63) is 70.4 Å². The summed E-state index contributed by atoms with van der Waals surface area (Å²) in [4.78, 5) is 242. The van der Waals surface area contributed by atoms with Crippen LogP contribution in [0.2, 0.25) is 0 Å². The standard InChI is InChI=1S/C80H123N26O28P3S2/c1-80(2,39-131-137(128,129)134-136(126,127)130-38-57-62(133-135(123,124)125)61(111)75(132-57)105-41-97-60-64(82)95-40-96-65(60)105)63(112)70(117)90-25-21-58(109)89-26-29-139-76(122)49(18-9-24-93-79(87)88)100-69(116)55-31-43-13-5-6-19-52(43)106(55)74(121)56-30-42-12-3-4-14-44(42)35-103(56)72(119)51(37-107)101-67(114)50(33-46-15-11-28-138-46)98-59(110)34-94-68(115)54-32-45(108)36-104(54)73(120)53-20-10-27-102(53)71(118)48(17-8-23-92-78(85)86)99-66(113)47(81)16-7-22-91-77(83)84/h3-4,11-12,14-15,28,40-41,43,45,47-57,61-63,75,107-108,111-112H,5-10,13,16-27,29-39,81H2,1-2H3,(H,89,109)(H,90,117)(H,94,115)(H,98,110)(H,99,113)(H,100,116)(H,101,114)(H,126,127)(H,128,129)(H2,82,95,96)(H4,83,84,91)(H4,85,86,92)(H4,87,88,93)(H2,123,124,125)/t43-,45+,47+,48?,49-,50-,51-,52-,53?,54?,55?,56?,57?,61?,62?,63?,75?/m0/s1. The van der Waals surface area contributed by atoms with Gasteiger partial charge in [0.15, 0.2) is 35.6 Å². The van der Waals surface area contributed by atoms with Gasteiger partial charge in [-0.15, -0.1) is 11.3 Å². The Bertz CT molecular complexity index is 5270. The summed E-state index contributed by atoms with van der Waals surface area (Å²) in [5.74, 6) is -9.64. The highest BCUT2D eigenvalue weighted by Gasteiger charge is 2.55. The number of aliphatic hydroxyl groups is 4. The minimum atomic E-state index is -5.72. The highest BCUT2D eigenvalue weighted by Crippen LogP contribution is 2.61. The van der Waals surface area contributed by atoms with E-state index in [0.717, 1.165) is 40.3 Å². The fraction of sp³-hybridized carbons (Fsp3) is 0.625. The number of aliphatic imine (C=N–C) groups is 3. The summed E-state index contributed by atoms with van der Waals surface area (Å²) in [7, 11) is -16.8. The first-order valence-corrected chi connectivity index (χ1v) is 51.2. The second-order valence-corrected chi connectivity index (χ2v) is 41.2. The molecule has 139 heavy (non-hydrogen) atoms. The van der Waals surface area contributed by atoms with Crippen molar-refractivity contribution in [1.82, 2.24) is 76.3 Å². The maximum Gasteiger partial charge on any atom is 0.481 e. The lowest BCUT2D eigenvalue weighted by molar-refractivity contribution is -0.153. The largest absolute Gasteiger partial charge is 0.481 e. The molecule has 1 saturated carbocycles. The maximum absolute atomic E-state index is 15.9. The zero-order chi connectivity index (χ0) is 102.